The second kappa shape index (κ2) is 4.44. The van der Waals surface area contributed by atoms with Crippen molar-refractivity contribution in [2.24, 2.45) is 0 Å². The summed E-state index contributed by atoms with van der Waals surface area (Å²) < 4.78 is 0. The highest BCUT2D eigenvalue weighted by molar-refractivity contribution is 6.32. The molecule has 0 unspecified atom stereocenters. The molecule has 3 rings (SSSR count). The molecule has 3 N–H and O–H groups in total. The number of aromatic nitrogens is 2. The van der Waals surface area contributed by atoms with Crippen LogP contribution in [0.3, 0.4) is 0 Å². The van der Waals surface area contributed by atoms with E-state index in [2.05, 4.69) is 9.97 Å². The molecule has 3 nitrogen and oxygen atoms in total. The molecule has 0 bridgehead atoms. The summed E-state index contributed by atoms with van der Waals surface area (Å²) in [7, 11) is 0. The second-order valence-electron chi connectivity index (χ2n) is 4.44. The predicted molar refractivity (Wildman–Crippen MR) is 80.7 cm³/mol. The highest BCUT2D eigenvalue weighted by Crippen LogP contribution is 2.30. The molecule has 0 aliphatic carbocycles. The monoisotopic (exact) mass is 291 g/mol. The summed E-state index contributed by atoms with van der Waals surface area (Å²) in [6, 6.07) is 9.20. The maximum absolute atomic E-state index is 6.03. The number of rotatable bonds is 1. The number of nitrogen functional groups attached to an aromatic ring is 1. The Morgan fingerprint density at radius 3 is 2.68 bits per heavy atom. The van der Waals surface area contributed by atoms with Gasteiger partial charge in [-0.3, -0.25) is 0 Å². The number of nitrogens with one attached hydrogen (secondary N) is 1. The number of H-pyrrole nitrogens is 1. The molecule has 0 amide bonds. The van der Waals surface area contributed by atoms with Gasteiger partial charge in [-0.05, 0) is 36.8 Å². The standard InChI is InChI=1S/C14H11Cl2N3/c1-7-2-3-8(15)4-10(7)14-18-12-6-9(16)5-11(17)13(12)19-14/h2-6H,17H2,1H3,(H,18,19). The van der Waals surface area contributed by atoms with Gasteiger partial charge in [-0.2, -0.15) is 0 Å². The third-order valence-electron chi connectivity index (χ3n) is 3.04. The fraction of sp³-hybridized carbons (Fsp3) is 0.0714. The van der Waals surface area contributed by atoms with E-state index in [1.165, 1.54) is 0 Å². The summed E-state index contributed by atoms with van der Waals surface area (Å²) in [5.74, 6) is 0.740. The number of nitrogens with two attached hydrogens (primary N) is 1. The van der Waals surface area contributed by atoms with Gasteiger partial charge in [-0.15, -0.1) is 0 Å². The van der Waals surface area contributed by atoms with Gasteiger partial charge in [-0.1, -0.05) is 29.3 Å². The predicted octanol–water partition coefficient (Wildman–Crippen LogP) is 4.43. The Morgan fingerprint density at radius 1 is 1.11 bits per heavy atom. The van der Waals surface area contributed by atoms with E-state index in [9.17, 15) is 0 Å². The Hall–Kier alpha value is -1.71. The quantitative estimate of drug-likeness (QED) is 0.652. The first-order valence-electron chi connectivity index (χ1n) is 5.76. The lowest BCUT2D eigenvalue weighted by atomic mass is 10.1. The molecular weight excluding hydrogens is 281 g/mol. The number of imidazole rings is 1. The fourth-order valence-corrected chi connectivity index (χ4v) is 2.48. The smallest absolute Gasteiger partial charge is 0.138 e. The van der Waals surface area contributed by atoms with Crippen molar-refractivity contribution in [3.8, 4) is 11.4 Å². The van der Waals surface area contributed by atoms with Gasteiger partial charge in [0.05, 0.1) is 11.2 Å². The van der Waals surface area contributed by atoms with Crippen LogP contribution in [-0.4, -0.2) is 9.97 Å². The lowest BCUT2D eigenvalue weighted by Gasteiger charge is -2.02. The maximum Gasteiger partial charge on any atom is 0.138 e. The van der Waals surface area contributed by atoms with E-state index in [1.807, 2.05) is 31.2 Å². The zero-order chi connectivity index (χ0) is 13.6. The van der Waals surface area contributed by atoms with Crippen LogP contribution in [0.25, 0.3) is 22.4 Å². The van der Waals surface area contributed by atoms with Crippen LogP contribution in [0.1, 0.15) is 5.56 Å². The summed E-state index contributed by atoms with van der Waals surface area (Å²) >= 11 is 12.0. The minimum absolute atomic E-state index is 0.560. The van der Waals surface area contributed by atoms with Crippen molar-refractivity contribution in [1.82, 2.24) is 9.97 Å². The van der Waals surface area contributed by atoms with Gasteiger partial charge in [0.25, 0.3) is 0 Å². The largest absolute Gasteiger partial charge is 0.397 e. The first-order chi connectivity index (χ1) is 9.04. The molecule has 5 heteroatoms. The average Bonchev–Trinajstić information content (AvgIpc) is 2.76. The van der Waals surface area contributed by atoms with Crippen LogP contribution < -0.4 is 5.73 Å². The van der Waals surface area contributed by atoms with Crippen LogP contribution >= 0.6 is 23.2 Å². The van der Waals surface area contributed by atoms with E-state index >= 15 is 0 Å². The van der Waals surface area contributed by atoms with E-state index in [0.29, 0.717) is 15.7 Å². The van der Waals surface area contributed by atoms with E-state index in [0.717, 1.165) is 28.0 Å². The molecule has 19 heavy (non-hydrogen) atoms. The van der Waals surface area contributed by atoms with Crippen molar-refractivity contribution in [2.75, 3.05) is 5.73 Å². The van der Waals surface area contributed by atoms with E-state index in [4.69, 9.17) is 28.9 Å². The summed E-state index contributed by atoms with van der Waals surface area (Å²) in [5, 5.41) is 1.26. The third-order valence-corrected chi connectivity index (χ3v) is 3.49. The van der Waals surface area contributed by atoms with Crippen molar-refractivity contribution in [3.63, 3.8) is 0 Å². The molecule has 1 aromatic heterocycles. The van der Waals surface area contributed by atoms with Gasteiger partial charge in [0.1, 0.15) is 11.3 Å². The zero-order valence-corrected chi connectivity index (χ0v) is 11.7. The molecule has 2 aromatic carbocycles. The number of fused-ring (bicyclic) bond motifs is 1. The van der Waals surface area contributed by atoms with Crippen LogP contribution in [0, 0.1) is 6.92 Å². The molecule has 0 fully saturated rings. The zero-order valence-electron chi connectivity index (χ0n) is 10.2. The number of hydrogen-bond acceptors (Lipinski definition) is 2. The summed E-state index contributed by atoms with van der Waals surface area (Å²) in [6.07, 6.45) is 0. The Morgan fingerprint density at radius 2 is 1.89 bits per heavy atom. The van der Waals surface area contributed by atoms with Gasteiger partial charge in [0, 0.05) is 15.6 Å². The minimum Gasteiger partial charge on any atom is -0.397 e. The van der Waals surface area contributed by atoms with Crippen molar-refractivity contribution < 1.29 is 0 Å². The van der Waals surface area contributed by atoms with Gasteiger partial charge < -0.3 is 10.7 Å². The van der Waals surface area contributed by atoms with E-state index in [1.54, 1.807) is 6.07 Å². The summed E-state index contributed by atoms with van der Waals surface area (Å²) in [5.41, 5.74) is 10.1. The molecule has 0 atom stereocenters. The Kier molecular flexibility index (Phi) is 2.88. The highest BCUT2D eigenvalue weighted by atomic mass is 35.5. The fourth-order valence-electron chi connectivity index (χ4n) is 2.08. The number of nitrogens with zero attached hydrogens (tertiary/aromatic N) is 1. The number of aromatic amines is 1. The first kappa shape index (κ1) is 12.3. The van der Waals surface area contributed by atoms with Crippen LogP contribution in [0.2, 0.25) is 10.0 Å². The maximum atomic E-state index is 6.03. The SMILES string of the molecule is Cc1ccc(Cl)cc1-c1nc2c(N)cc(Cl)cc2[nH]1. The van der Waals surface area contributed by atoms with Gasteiger partial charge in [0.2, 0.25) is 0 Å². The van der Waals surface area contributed by atoms with Crippen LogP contribution in [0.15, 0.2) is 30.3 Å². The first-order valence-corrected chi connectivity index (χ1v) is 6.51. The van der Waals surface area contributed by atoms with Crippen LogP contribution in [-0.2, 0) is 0 Å². The highest BCUT2D eigenvalue weighted by Gasteiger charge is 2.11. The van der Waals surface area contributed by atoms with Crippen LogP contribution in [0.5, 0.6) is 0 Å². The topological polar surface area (TPSA) is 54.7 Å². The average molecular weight is 292 g/mol. The second-order valence-corrected chi connectivity index (χ2v) is 5.31. The van der Waals surface area contributed by atoms with Crippen molar-refractivity contribution in [3.05, 3.63) is 45.9 Å². The molecule has 96 valence electrons. The molecular formula is C14H11Cl2N3. The summed E-state index contributed by atoms with van der Waals surface area (Å²) in [4.78, 5) is 7.76. The number of halogens is 2. The molecule has 0 radical (unpaired) electrons. The van der Waals surface area contributed by atoms with E-state index < -0.39 is 0 Å². The third kappa shape index (κ3) is 2.15. The lowest BCUT2D eigenvalue weighted by Crippen LogP contribution is -1.87. The number of aryl methyl sites for hydroxylation is 1. The molecule has 0 aliphatic heterocycles. The van der Waals surface area contributed by atoms with Crippen molar-refractivity contribution in [2.45, 2.75) is 6.92 Å². The summed E-state index contributed by atoms with van der Waals surface area (Å²) in [6.45, 7) is 2.01. The Labute approximate surface area is 120 Å². The lowest BCUT2D eigenvalue weighted by molar-refractivity contribution is 1.31. The molecule has 0 spiro atoms. The minimum atomic E-state index is 0.560. The Bertz CT molecular complexity index is 778. The Balaban J connectivity index is 2.26. The molecule has 0 saturated carbocycles. The van der Waals surface area contributed by atoms with Crippen molar-refractivity contribution >= 4 is 39.9 Å². The molecule has 1 heterocycles. The molecule has 3 aromatic rings. The van der Waals surface area contributed by atoms with Gasteiger partial charge in [-0.25, -0.2) is 4.98 Å². The van der Waals surface area contributed by atoms with Gasteiger partial charge in [0.15, 0.2) is 0 Å². The normalized spacial score (nSPS) is 11.1. The number of hydrogen-bond donors (Lipinski definition) is 2. The number of benzene rings is 2. The molecule has 0 aliphatic rings. The van der Waals surface area contributed by atoms with Crippen LogP contribution in [0.4, 0.5) is 5.69 Å². The van der Waals surface area contributed by atoms with Gasteiger partial charge >= 0.3 is 0 Å². The van der Waals surface area contributed by atoms with E-state index in [-0.39, 0.29) is 0 Å². The van der Waals surface area contributed by atoms with Crippen molar-refractivity contribution in [1.29, 1.82) is 0 Å². The molecule has 0 saturated heterocycles. The number of anilines is 1.